The Morgan fingerprint density at radius 2 is 2.00 bits per heavy atom. The van der Waals surface area contributed by atoms with Crippen LogP contribution in [-0.4, -0.2) is 29.1 Å². The maximum atomic E-state index is 4.74. The summed E-state index contributed by atoms with van der Waals surface area (Å²) in [5.74, 6) is 3.05. The number of anilines is 2. The minimum Gasteiger partial charge on any atom is -0.370 e. The number of nitrogens with one attached hydrogen (secondary N) is 1. The molecular formula is C15H26N4. The van der Waals surface area contributed by atoms with Gasteiger partial charge in [0, 0.05) is 31.6 Å². The fourth-order valence-electron chi connectivity index (χ4n) is 2.30. The molecule has 4 heteroatoms. The van der Waals surface area contributed by atoms with E-state index in [1.807, 2.05) is 0 Å². The summed E-state index contributed by atoms with van der Waals surface area (Å²) in [6, 6.07) is 2.81. The van der Waals surface area contributed by atoms with Crippen LogP contribution in [0.1, 0.15) is 52.3 Å². The largest absolute Gasteiger partial charge is 0.370 e. The molecular weight excluding hydrogens is 236 g/mol. The number of hydrogen-bond acceptors (Lipinski definition) is 4. The van der Waals surface area contributed by atoms with Crippen molar-refractivity contribution >= 4 is 11.6 Å². The van der Waals surface area contributed by atoms with E-state index >= 15 is 0 Å². The van der Waals surface area contributed by atoms with E-state index in [2.05, 4.69) is 42.0 Å². The Morgan fingerprint density at radius 3 is 2.58 bits per heavy atom. The van der Waals surface area contributed by atoms with Gasteiger partial charge in [0.15, 0.2) is 0 Å². The van der Waals surface area contributed by atoms with Crippen LogP contribution in [0.5, 0.6) is 0 Å². The Kier molecular flexibility index (Phi) is 5.00. The third-order valence-electron chi connectivity index (χ3n) is 3.41. The molecule has 1 saturated carbocycles. The summed E-state index contributed by atoms with van der Waals surface area (Å²) in [7, 11) is 0. The van der Waals surface area contributed by atoms with Crippen molar-refractivity contribution in [3.8, 4) is 0 Å². The summed E-state index contributed by atoms with van der Waals surface area (Å²) >= 11 is 0. The van der Waals surface area contributed by atoms with Crippen LogP contribution < -0.4 is 10.2 Å². The molecule has 1 heterocycles. The Hall–Kier alpha value is -1.32. The van der Waals surface area contributed by atoms with Crippen LogP contribution in [-0.2, 0) is 6.42 Å². The van der Waals surface area contributed by atoms with Crippen LogP contribution in [0, 0.1) is 0 Å². The predicted molar refractivity (Wildman–Crippen MR) is 80.8 cm³/mol. The normalized spacial score (nSPS) is 14.5. The SMILES string of the molecule is CCCNc1cc(N(CC)C2CC2)nc(CCC)n1. The molecule has 0 aromatic carbocycles. The third kappa shape index (κ3) is 3.82. The Balaban J connectivity index is 2.21. The first-order chi connectivity index (χ1) is 9.28. The van der Waals surface area contributed by atoms with Gasteiger partial charge in [0.1, 0.15) is 17.5 Å². The molecule has 0 saturated heterocycles. The Morgan fingerprint density at radius 1 is 1.21 bits per heavy atom. The molecule has 0 spiro atoms. The number of aryl methyl sites for hydroxylation is 1. The average Bonchev–Trinajstić information content (AvgIpc) is 3.22. The van der Waals surface area contributed by atoms with Crippen molar-refractivity contribution in [3.05, 3.63) is 11.9 Å². The van der Waals surface area contributed by atoms with Gasteiger partial charge in [0.25, 0.3) is 0 Å². The van der Waals surface area contributed by atoms with Crippen LogP contribution >= 0.6 is 0 Å². The van der Waals surface area contributed by atoms with Crippen LogP contribution in [0.4, 0.5) is 11.6 Å². The summed E-state index contributed by atoms with van der Waals surface area (Å²) in [6.45, 7) is 8.55. The second-order valence-corrected chi connectivity index (χ2v) is 5.22. The molecule has 106 valence electrons. The third-order valence-corrected chi connectivity index (χ3v) is 3.41. The van der Waals surface area contributed by atoms with Gasteiger partial charge in [0.05, 0.1) is 0 Å². The van der Waals surface area contributed by atoms with Gasteiger partial charge in [-0.05, 0) is 32.6 Å². The fourth-order valence-corrected chi connectivity index (χ4v) is 2.30. The number of aromatic nitrogens is 2. The van der Waals surface area contributed by atoms with Gasteiger partial charge in [-0.2, -0.15) is 0 Å². The molecule has 0 unspecified atom stereocenters. The highest BCUT2D eigenvalue weighted by Crippen LogP contribution is 2.31. The van der Waals surface area contributed by atoms with Crippen LogP contribution in [0.15, 0.2) is 6.07 Å². The maximum Gasteiger partial charge on any atom is 0.134 e. The van der Waals surface area contributed by atoms with Crippen molar-refractivity contribution in [1.29, 1.82) is 0 Å². The molecule has 1 aliphatic carbocycles. The van der Waals surface area contributed by atoms with Gasteiger partial charge in [-0.15, -0.1) is 0 Å². The lowest BCUT2D eigenvalue weighted by Crippen LogP contribution is -2.26. The highest BCUT2D eigenvalue weighted by atomic mass is 15.2. The lowest BCUT2D eigenvalue weighted by Gasteiger charge is -2.22. The molecule has 19 heavy (non-hydrogen) atoms. The van der Waals surface area contributed by atoms with Gasteiger partial charge < -0.3 is 10.2 Å². The van der Waals surface area contributed by atoms with E-state index in [4.69, 9.17) is 4.98 Å². The van der Waals surface area contributed by atoms with Crippen molar-refractivity contribution < 1.29 is 0 Å². The number of hydrogen-bond donors (Lipinski definition) is 1. The highest BCUT2D eigenvalue weighted by Gasteiger charge is 2.29. The summed E-state index contributed by atoms with van der Waals surface area (Å²) in [4.78, 5) is 11.8. The second kappa shape index (κ2) is 6.73. The van der Waals surface area contributed by atoms with Crippen molar-refractivity contribution in [2.24, 2.45) is 0 Å². The van der Waals surface area contributed by atoms with Crippen molar-refractivity contribution in [2.45, 2.75) is 58.9 Å². The van der Waals surface area contributed by atoms with E-state index in [1.165, 1.54) is 12.8 Å². The first-order valence-corrected chi connectivity index (χ1v) is 7.66. The molecule has 0 bridgehead atoms. The van der Waals surface area contributed by atoms with E-state index in [1.54, 1.807) is 0 Å². The zero-order valence-corrected chi connectivity index (χ0v) is 12.4. The summed E-state index contributed by atoms with van der Waals surface area (Å²) in [5, 5.41) is 3.39. The van der Waals surface area contributed by atoms with Gasteiger partial charge in [-0.25, -0.2) is 9.97 Å². The minimum absolute atomic E-state index is 0.702. The number of rotatable bonds is 8. The predicted octanol–water partition coefficient (Wildman–Crippen LogP) is 3.24. The van der Waals surface area contributed by atoms with Crippen molar-refractivity contribution in [3.63, 3.8) is 0 Å². The minimum atomic E-state index is 0.702. The second-order valence-electron chi connectivity index (χ2n) is 5.22. The van der Waals surface area contributed by atoms with Gasteiger partial charge in [-0.1, -0.05) is 13.8 Å². The average molecular weight is 262 g/mol. The van der Waals surface area contributed by atoms with Gasteiger partial charge in [0.2, 0.25) is 0 Å². The van der Waals surface area contributed by atoms with Crippen LogP contribution in [0.2, 0.25) is 0 Å². The van der Waals surface area contributed by atoms with E-state index < -0.39 is 0 Å². The lowest BCUT2D eigenvalue weighted by molar-refractivity contribution is 0.776. The smallest absolute Gasteiger partial charge is 0.134 e. The lowest BCUT2D eigenvalue weighted by atomic mass is 10.3. The standard InChI is InChI=1S/C15H26N4/c1-4-7-13-17-14(16-10-5-2)11-15(18-13)19(6-3)12-8-9-12/h11-12H,4-10H2,1-3H3,(H,16,17,18). The molecule has 1 aromatic heterocycles. The van der Waals surface area contributed by atoms with E-state index in [0.29, 0.717) is 6.04 Å². The zero-order valence-electron chi connectivity index (χ0n) is 12.4. The zero-order chi connectivity index (χ0) is 13.7. The van der Waals surface area contributed by atoms with Crippen molar-refractivity contribution in [1.82, 2.24) is 9.97 Å². The number of nitrogens with zero attached hydrogens (tertiary/aromatic N) is 3. The highest BCUT2D eigenvalue weighted by molar-refractivity contribution is 5.51. The molecule has 4 nitrogen and oxygen atoms in total. The molecule has 0 amide bonds. The topological polar surface area (TPSA) is 41.0 Å². The molecule has 1 fully saturated rings. The molecule has 1 aromatic rings. The van der Waals surface area contributed by atoms with Crippen molar-refractivity contribution in [2.75, 3.05) is 23.3 Å². The molecule has 0 aliphatic heterocycles. The summed E-state index contributed by atoms with van der Waals surface area (Å²) < 4.78 is 0. The monoisotopic (exact) mass is 262 g/mol. The molecule has 0 atom stereocenters. The molecule has 2 rings (SSSR count). The van der Waals surface area contributed by atoms with E-state index in [9.17, 15) is 0 Å². The van der Waals surface area contributed by atoms with Crippen LogP contribution in [0.3, 0.4) is 0 Å². The fraction of sp³-hybridized carbons (Fsp3) is 0.733. The molecule has 1 aliphatic rings. The van der Waals surface area contributed by atoms with Gasteiger partial charge in [-0.3, -0.25) is 0 Å². The molecule has 0 radical (unpaired) electrons. The van der Waals surface area contributed by atoms with Gasteiger partial charge >= 0.3 is 0 Å². The van der Waals surface area contributed by atoms with E-state index in [0.717, 1.165) is 49.8 Å². The first kappa shape index (κ1) is 14.1. The maximum absolute atomic E-state index is 4.74. The first-order valence-electron chi connectivity index (χ1n) is 7.66. The quantitative estimate of drug-likeness (QED) is 0.781. The summed E-state index contributed by atoms with van der Waals surface area (Å²) in [6.07, 6.45) is 5.77. The Bertz CT molecular complexity index is 401. The van der Waals surface area contributed by atoms with Crippen LogP contribution in [0.25, 0.3) is 0 Å². The molecule has 1 N–H and O–H groups in total. The summed E-state index contributed by atoms with van der Waals surface area (Å²) in [5.41, 5.74) is 0. The van der Waals surface area contributed by atoms with E-state index in [-0.39, 0.29) is 0 Å². The Labute approximate surface area is 116 Å².